The van der Waals surface area contributed by atoms with Crippen LogP contribution in [0.4, 0.5) is 0 Å². The first-order valence-electron chi connectivity index (χ1n) is 9.47. The number of rotatable bonds is 6. The van der Waals surface area contributed by atoms with E-state index in [4.69, 9.17) is 0 Å². The topological polar surface area (TPSA) is 96.3 Å². The molecule has 2 aliphatic heterocycles. The lowest BCUT2D eigenvalue weighted by molar-refractivity contribution is -0.144. The molecule has 0 atom stereocenters. The molecule has 2 aliphatic rings. The van der Waals surface area contributed by atoms with Crippen LogP contribution in [0, 0.1) is 0 Å². The number of aromatic nitrogens is 2. The van der Waals surface area contributed by atoms with Gasteiger partial charge >= 0.3 is 0 Å². The summed E-state index contributed by atoms with van der Waals surface area (Å²) in [6.45, 7) is 4.59. The molecule has 0 radical (unpaired) electrons. The van der Waals surface area contributed by atoms with Crippen molar-refractivity contribution in [2.24, 2.45) is 0 Å². The summed E-state index contributed by atoms with van der Waals surface area (Å²) in [4.78, 5) is 15.3. The smallest absolute Gasteiger partial charge is 0.250 e. The summed E-state index contributed by atoms with van der Waals surface area (Å²) in [6, 6.07) is 1.77. The first kappa shape index (κ1) is 19.3. The average molecular weight is 384 g/mol. The molecular formula is C17H29N5O3S. The molecule has 0 aromatic carbocycles. The summed E-state index contributed by atoms with van der Waals surface area (Å²) in [5.41, 5.74) is -0.622. The zero-order valence-corrected chi connectivity index (χ0v) is 16.2. The van der Waals surface area contributed by atoms with Crippen LogP contribution in [0.25, 0.3) is 0 Å². The lowest BCUT2D eigenvalue weighted by atomic mass is 9.86. The maximum absolute atomic E-state index is 13.4. The molecule has 2 saturated heterocycles. The first-order chi connectivity index (χ1) is 12.5. The van der Waals surface area contributed by atoms with E-state index in [0.717, 1.165) is 25.9 Å². The Morgan fingerprint density at radius 2 is 2.00 bits per heavy atom. The van der Waals surface area contributed by atoms with E-state index in [2.05, 4.69) is 15.1 Å². The van der Waals surface area contributed by atoms with Crippen LogP contribution >= 0.6 is 0 Å². The predicted molar refractivity (Wildman–Crippen MR) is 99.1 cm³/mol. The largest absolute Gasteiger partial charge is 0.340 e. The minimum absolute atomic E-state index is 0.0794. The van der Waals surface area contributed by atoms with E-state index in [1.807, 2.05) is 28.8 Å². The molecule has 0 saturated carbocycles. The molecule has 0 aliphatic carbocycles. The van der Waals surface area contributed by atoms with Crippen LogP contribution in [0.3, 0.4) is 0 Å². The van der Waals surface area contributed by atoms with Gasteiger partial charge in [-0.3, -0.25) is 9.48 Å². The van der Waals surface area contributed by atoms with Crippen LogP contribution in [0.15, 0.2) is 18.5 Å². The van der Waals surface area contributed by atoms with Crippen molar-refractivity contribution in [1.82, 2.24) is 24.7 Å². The Labute approximate surface area is 155 Å². The monoisotopic (exact) mass is 383 g/mol. The molecule has 146 valence electrons. The molecule has 0 unspecified atom stereocenters. The highest BCUT2D eigenvalue weighted by atomic mass is 32.2. The third-order valence-electron chi connectivity index (χ3n) is 5.37. The Kier molecular flexibility index (Phi) is 5.99. The molecule has 0 spiro atoms. The number of hydrogen-bond donors (Lipinski definition) is 2. The minimum atomic E-state index is -3.21. The molecule has 0 bridgehead atoms. The molecular weight excluding hydrogens is 354 g/mol. The molecule has 3 heterocycles. The second kappa shape index (κ2) is 8.06. The van der Waals surface area contributed by atoms with Crippen molar-refractivity contribution in [1.29, 1.82) is 0 Å². The van der Waals surface area contributed by atoms with Gasteiger partial charge in [-0.1, -0.05) is 6.92 Å². The number of carbonyl (C=O) groups is 1. The molecule has 2 fully saturated rings. The van der Waals surface area contributed by atoms with E-state index in [1.54, 1.807) is 6.20 Å². The number of sulfonamides is 1. The molecule has 2 N–H and O–H groups in total. The van der Waals surface area contributed by atoms with Crippen molar-refractivity contribution >= 4 is 15.9 Å². The van der Waals surface area contributed by atoms with E-state index in [1.165, 1.54) is 0 Å². The van der Waals surface area contributed by atoms with Gasteiger partial charge in [-0.2, -0.15) is 5.10 Å². The second-order valence-corrected chi connectivity index (χ2v) is 9.11. The summed E-state index contributed by atoms with van der Waals surface area (Å²) in [5, 5.41) is 7.68. The SMILES string of the molecule is CCCS(=O)(=O)NC1CCN(C(=O)C2(n3cccn3)CCNCC2)CC1. The van der Waals surface area contributed by atoms with Gasteiger partial charge in [0.15, 0.2) is 0 Å². The Bertz CT molecular complexity index is 690. The predicted octanol–water partition coefficient (Wildman–Crippen LogP) is 0.282. The summed E-state index contributed by atoms with van der Waals surface area (Å²) in [7, 11) is -3.21. The summed E-state index contributed by atoms with van der Waals surface area (Å²) >= 11 is 0. The van der Waals surface area contributed by atoms with Crippen LogP contribution in [-0.4, -0.2) is 67.0 Å². The summed E-state index contributed by atoms with van der Waals surface area (Å²) in [5.74, 6) is 0.263. The fourth-order valence-electron chi connectivity index (χ4n) is 3.98. The Balaban J connectivity index is 1.65. The van der Waals surface area contributed by atoms with Crippen molar-refractivity contribution in [2.45, 2.75) is 50.6 Å². The maximum Gasteiger partial charge on any atom is 0.250 e. The van der Waals surface area contributed by atoms with Crippen LogP contribution in [-0.2, 0) is 20.4 Å². The third-order valence-corrected chi connectivity index (χ3v) is 7.01. The molecule has 1 amide bonds. The molecule has 26 heavy (non-hydrogen) atoms. The van der Waals surface area contributed by atoms with Crippen molar-refractivity contribution in [2.75, 3.05) is 31.9 Å². The number of hydrogen-bond acceptors (Lipinski definition) is 5. The molecule has 1 aromatic heterocycles. The van der Waals surface area contributed by atoms with Gasteiger partial charge in [-0.15, -0.1) is 0 Å². The Morgan fingerprint density at radius 1 is 1.31 bits per heavy atom. The van der Waals surface area contributed by atoms with Crippen LogP contribution in [0.1, 0.15) is 39.0 Å². The van der Waals surface area contributed by atoms with Crippen molar-refractivity contribution < 1.29 is 13.2 Å². The molecule has 9 heteroatoms. The van der Waals surface area contributed by atoms with E-state index in [9.17, 15) is 13.2 Å². The lowest BCUT2D eigenvalue weighted by Gasteiger charge is -2.42. The average Bonchev–Trinajstić information content (AvgIpc) is 3.17. The highest BCUT2D eigenvalue weighted by molar-refractivity contribution is 7.89. The van der Waals surface area contributed by atoms with Crippen molar-refractivity contribution in [3.8, 4) is 0 Å². The number of piperidine rings is 2. The van der Waals surface area contributed by atoms with Crippen LogP contribution < -0.4 is 10.0 Å². The number of nitrogens with zero attached hydrogens (tertiary/aromatic N) is 3. The third kappa shape index (κ3) is 4.10. The van der Waals surface area contributed by atoms with Gasteiger partial charge in [0.05, 0.1) is 5.75 Å². The number of amides is 1. The molecule has 1 aromatic rings. The van der Waals surface area contributed by atoms with Crippen LogP contribution in [0.2, 0.25) is 0 Å². The number of nitrogens with one attached hydrogen (secondary N) is 2. The quantitative estimate of drug-likeness (QED) is 0.736. The van der Waals surface area contributed by atoms with Gasteiger partial charge in [0.1, 0.15) is 5.54 Å². The Hall–Kier alpha value is -1.45. The van der Waals surface area contributed by atoms with Gasteiger partial charge in [-0.05, 0) is 51.3 Å². The number of carbonyl (C=O) groups excluding carboxylic acids is 1. The van der Waals surface area contributed by atoms with E-state index in [-0.39, 0.29) is 17.7 Å². The van der Waals surface area contributed by atoms with Gasteiger partial charge in [0.2, 0.25) is 10.0 Å². The fraction of sp³-hybridized carbons (Fsp3) is 0.765. The van der Waals surface area contributed by atoms with E-state index >= 15 is 0 Å². The Morgan fingerprint density at radius 3 is 2.58 bits per heavy atom. The van der Waals surface area contributed by atoms with Gasteiger partial charge < -0.3 is 10.2 Å². The standard InChI is InChI=1S/C17H29N5O3S/c1-2-14-26(24,25)20-15-4-12-21(13-5-15)16(23)17(6-9-18-10-7-17)22-11-3-8-19-22/h3,8,11,15,18,20H,2,4-7,9-10,12-14H2,1H3. The zero-order chi connectivity index (χ0) is 18.6. The lowest BCUT2D eigenvalue weighted by Crippen LogP contribution is -2.58. The fourth-order valence-corrected chi connectivity index (χ4v) is 5.38. The second-order valence-electron chi connectivity index (χ2n) is 7.24. The maximum atomic E-state index is 13.4. The number of likely N-dealkylation sites (tertiary alicyclic amines) is 1. The normalized spacial score (nSPS) is 21.7. The summed E-state index contributed by atoms with van der Waals surface area (Å²) < 4.78 is 28.5. The first-order valence-corrected chi connectivity index (χ1v) is 11.1. The van der Waals surface area contributed by atoms with Crippen LogP contribution in [0.5, 0.6) is 0 Å². The van der Waals surface area contributed by atoms with Crippen molar-refractivity contribution in [3.05, 3.63) is 18.5 Å². The van der Waals surface area contributed by atoms with Gasteiger partial charge in [-0.25, -0.2) is 13.1 Å². The zero-order valence-electron chi connectivity index (χ0n) is 15.4. The van der Waals surface area contributed by atoms with Crippen molar-refractivity contribution in [3.63, 3.8) is 0 Å². The summed E-state index contributed by atoms with van der Waals surface area (Å²) in [6.07, 6.45) is 6.94. The van der Waals surface area contributed by atoms with Gasteiger partial charge in [0.25, 0.3) is 5.91 Å². The molecule has 3 rings (SSSR count). The van der Waals surface area contributed by atoms with Gasteiger partial charge in [0, 0.05) is 31.5 Å². The highest BCUT2D eigenvalue weighted by Crippen LogP contribution is 2.30. The van der Waals surface area contributed by atoms with E-state index < -0.39 is 15.6 Å². The highest BCUT2D eigenvalue weighted by Gasteiger charge is 2.45. The van der Waals surface area contributed by atoms with E-state index in [0.29, 0.717) is 32.4 Å². The minimum Gasteiger partial charge on any atom is -0.340 e. The molecule has 8 nitrogen and oxygen atoms in total.